The van der Waals surface area contributed by atoms with Gasteiger partial charge < -0.3 is 9.64 Å². The minimum Gasteiger partial charge on any atom is -0.487 e. The zero-order chi connectivity index (χ0) is 20.1. The highest BCUT2D eigenvalue weighted by Crippen LogP contribution is 2.39. The molecule has 5 heteroatoms. The maximum atomic E-state index is 13.7. The molecule has 152 valence electrons. The molecule has 2 bridgehead atoms. The molecule has 2 fully saturated rings. The van der Waals surface area contributed by atoms with Crippen LogP contribution in [0.3, 0.4) is 0 Å². The minimum atomic E-state index is -0.145. The van der Waals surface area contributed by atoms with Gasteiger partial charge in [-0.15, -0.1) is 0 Å². The first-order valence-electron chi connectivity index (χ1n) is 10.9. The van der Waals surface area contributed by atoms with Crippen molar-refractivity contribution in [2.24, 2.45) is 5.92 Å². The van der Waals surface area contributed by atoms with Crippen molar-refractivity contribution in [3.05, 3.63) is 66.4 Å². The minimum absolute atomic E-state index is 0.0385. The number of benzene rings is 2. The van der Waals surface area contributed by atoms with Crippen molar-refractivity contribution in [2.45, 2.75) is 38.0 Å². The summed E-state index contributed by atoms with van der Waals surface area (Å²) in [7, 11) is 0. The monoisotopic (exact) mass is 399 g/mol. The van der Waals surface area contributed by atoms with E-state index in [1.165, 1.54) is 12.8 Å². The number of rotatable bonds is 4. The van der Waals surface area contributed by atoms with E-state index in [0.29, 0.717) is 12.5 Å². The Morgan fingerprint density at radius 2 is 1.90 bits per heavy atom. The Morgan fingerprint density at radius 3 is 2.80 bits per heavy atom. The third kappa shape index (κ3) is 3.23. The fraction of sp³-hybridized carbons (Fsp3) is 0.360. The number of pyridine rings is 1. The molecule has 0 N–H and O–H groups in total. The Morgan fingerprint density at radius 1 is 1.07 bits per heavy atom. The SMILES string of the molecule is O=C1C2CC(CN2Cc2cnc3ccccc3c2)Oc2ccccc2N1CC1CC1. The Labute approximate surface area is 176 Å². The van der Waals surface area contributed by atoms with Crippen molar-refractivity contribution in [3.63, 3.8) is 0 Å². The van der Waals surface area contributed by atoms with Gasteiger partial charge in [0.05, 0.1) is 17.2 Å². The maximum absolute atomic E-state index is 13.7. The molecule has 1 aliphatic carbocycles. The molecule has 5 nitrogen and oxygen atoms in total. The van der Waals surface area contributed by atoms with Gasteiger partial charge in [-0.25, -0.2) is 0 Å². The summed E-state index contributed by atoms with van der Waals surface area (Å²) < 4.78 is 6.40. The second-order valence-electron chi connectivity index (χ2n) is 8.82. The average Bonchev–Trinajstić information content (AvgIpc) is 3.50. The van der Waals surface area contributed by atoms with Gasteiger partial charge in [-0.3, -0.25) is 14.7 Å². The molecule has 1 amide bonds. The van der Waals surface area contributed by atoms with Gasteiger partial charge in [-0.05, 0) is 48.6 Å². The maximum Gasteiger partial charge on any atom is 0.244 e. The zero-order valence-electron chi connectivity index (χ0n) is 16.9. The smallest absolute Gasteiger partial charge is 0.244 e. The highest BCUT2D eigenvalue weighted by molar-refractivity contribution is 5.99. The highest BCUT2D eigenvalue weighted by atomic mass is 16.5. The molecule has 3 aromatic rings. The van der Waals surface area contributed by atoms with Crippen LogP contribution in [0.4, 0.5) is 5.69 Å². The summed E-state index contributed by atoms with van der Waals surface area (Å²) in [4.78, 5) is 22.6. The second kappa shape index (κ2) is 7.10. The molecule has 30 heavy (non-hydrogen) atoms. The van der Waals surface area contributed by atoms with Crippen LogP contribution in [0, 0.1) is 5.92 Å². The van der Waals surface area contributed by atoms with Crippen molar-refractivity contribution in [2.75, 3.05) is 18.0 Å². The summed E-state index contributed by atoms with van der Waals surface area (Å²) in [6.45, 7) is 2.27. The van der Waals surface area contributed by atoms with Crippen LogP contribution in [0.2, 0.25) is 0 Å². The van der Waals surface area contributed by atoms with E-state index in [1.807, 2.05) is 53.6 Å². The largest absolute Gasteiger partial charge is 0.487 e. The number of nitrogens with zero attached hydrogens (tertiary/aromatic N) is 3. The molecule has 3 heterocycles. The lowest BCUT2D eigenvalue weighted by Crippen LogP contribution is -2.46. The molecule has 2 unspecified atom stereocenters. The molecule has 6 rings (SSSR count). The first kappa shape index (κ1) is 17.9. The van der Waals surface area contributed by atoms with E-state index in [0.717, 1.165) is 47.4 Å². The molecule has 2 aromatic carbocycles. The van der Waals surface area contributed by atoms with E-state index in [1.54, 1.807) is 0 Å². The van der Waals surface area contributed by atoms with E-state index >= 15 is 0 Å². The fourth-order valence-corrected chi connectivity index (χ4v) is 4.82. The number of carbonyl (C=O) groups is 1. The lowest BCUT2D eigenvalue weighted by Gasteiger charge is -2.32. The lowest BCUT2D eigenvalue weighted by atomic mass is 10.1. The Balaban J connectivity index is 1.31. The van der Waals surface area contributed by atoms with Gasteiger partial charge in [0, 0.05) is 37.6 Å². The van der Waals surface area contributed by atoms with Crippen molar-refractivity contribution >= 4 is 22.5 Å². The molecule has 3 aliphatic rings. The molecular weight excluding hydrogens is 374 g/mol. The molecule has 0 spiro atoms. The van der Waals surface area contributed by atoms with Gasteiger partial charge in [0.1, 0.15) is 11.9 Å². The summed E-state index contributed by atoms with van der Waals surface area (Å²) in [5.74, 6) is 1.68. The summed E-state index contributed by atoms with van der Waals surface area (Å²) in [5, 5.41) is 1.14. The standard InChI is InChI=1S/C25H25N3O2/c29-25-23-12-20(30-24-8-4-3-7-22(24)28(25)15-17-9-10-17)16-27(23)14-18-11-19-5-1-2-6-21(19)26-13-18/h1-8,11,13,17,20,23H,9-10,12,14-16H2. The summed E-state index contributed by atoms with van der Waals surface area (Å²) in [6.07, 6.45) is 5.15. The van der Waals surface area contributed by atoms with Gasteiger partial charge in [0.15, 0.2) is 0 Å². The van der Waals surface area contributed by atoms with Gasteiger partial charge in [-0.1, -0.05) is 30.3 Å². The first-order chi connectivity index (χ1) is 14.7. The Kier molecular flexibility index (Phi) is 4.23. The number of fused-ring (bicyclic) bond motifs is 4. The van der Waals surface area contributed by atoms with Gasteiger partial charge >= 0.3 is 0 Å². The van der Waals surface area contributed by atoms with Crippen molar-refractivity contribution in [3.8, 4) is 5.75 Å². The predicted molar refractivity (Wildman–Crippen MR) is 116 cm³/mol. The topological polar surface area (TPSA) is 45.7 Å². The summed E-state index contributed by atoms with van der Waals surface area (Å²) in [5.41, 5.74) is 3.07. The Bertz CT molecular complexity index is 1110. The fourth-order valence-electron chi connectivity index (χ4n) is 4.82. The van der Waals surface area contributed by atoms with Crippen LogP contribution >= 0.6 is 0 Å². The quantitative estimate of drug-likeness (QED) is 0.665. The number of hydrogen-bond donors (Lipinski definition) is 0. The lowest BCUT2D eigenvalue weighted by molar-refractivity contribution is -0.123. The van der Waals surface area contributed by atoms with E-state index in [4.69, 9.17) is 4.74 Å². The van der Waals surface area contributed by atoms with E-state index < -0.39 is 0 Å². The third-order valence-electron chi connectivity index (χ3n) is 6.54. The third-order valence-corrected chi connectivity index (χ3v) is 6.54. The van der Waals surface area contributed by atoms with Crippen molar-refractivity contribution in [1.82, 2.24) is 9.88 Å². The molecular formula is C25H25N3O2. The van der Waals surface area contributed by atoms with Crippen LogP contribution in [-0.2, 0) is 11.3 Å². The van der Waals surface area contributed by atoms with Crippen LogP contribution < -0.4 is 9.64 Å². The first-order valence-corrected chi connectivity index (χ1v) is 10.9. The normalized spacial score (nSPS) is 23.7. The number of para-hydroxylation sites is 3. The van der Waals surface area contributed by atoms with E-state index in [9.17, 15) is 4.79 Å². The van der Waals surface area contributed by atoms with Gasteiger partial charge in [0.2, 0.25) is 5.91 Å². The van der Waals surface area contributed by atoms with E-state index in [2.05, 4.69) is 22.0 Å². The van der Waals surface area contributed by atoms with Crippen LogP contribution in [0.25, 0.3) is 10.9 Å². The summed E-state index contributed by atoms with van der Waals surface area (Å²) >= 11 is 0. The Hall–Kier alpha value is -2.92. The van der Waals surface area contributed by atoms with Gasteiger partial charge in [-0.2, -0.15) is 0 Å². The van der Waals surface area contributed by atoms with Crippen LogP contribution in [0.15, 0.2) is 60.8 Å². The summed E-state index contributed by atoms with van der Waals surface area (Å²) in [6, 6.07) is 18.2. The number of anilines is 1. The number of carbonyl (C=O) groups excluding carboxylic acids is 1. The average molecular weight is 399 g/mol. The molecule has 0 radical (unpaired) electrons. The molecule has 1 aromatic heterocycles. The number of hydrogen-bond acceptors (Lipinski definition) is 4. The highest BCUT2D eigenvalue weighted by Gasteiger charge is 2.43. The number of amides is 1. The zero-order valence-corrected chi connectivity index (χ0v) is 16.9. The van der Waals surface area contributed by atoms with Crippen LogP contribution in [0.1, 0.15) is 24.8 Å². The van der Waals surface area contributed by atoms with Crippen LogP contribution in [0.5, 0.6) is 5.75 Å². The molecule has 2 aliphatic heterocycles. The number of ether oxygens (including phenoxy) is 1. The van der Waals surface area contributed by atoms with E-state index in [-0.39, 0.29) is 18.1 Å². The van der Waals surface area contributed by atoms with Crippen LogP contribution in [-0.4, -0.2) is 41.0 Å². The molecule has 2 atom stereocenters. The second-order valence-corrected chi connectivity index (χ2v) is 8.82. The predicted octanol–water partition coefficient (Wildman–Crippen LogP) is 4.01. The molecule has 1 saturated heterocycles. The van der Waals surface area contributed by atoms with Gasteiger partial charge in [0.25, 0.3) is 0 Å². The number of aromatic nitrogens is 1. The van der Waals surface area contributed by atoms with Crippen molar-refractivity contribution in [1.29, 1.82) is 0 Å². The molecule has 1 saturated carbocycles. The van der Waals surface area contributed by atoms with Crippen molar-refractivity contribution < 1.29 is 9.53 Å². The number of likely N-dealkylation sites (tertiary alicyclic amines) is 1.